The van der Waals surface area contributed by atoms with Crippen molar-refractivity contribution >= 4 is 12.0 Å². The third-order valence-corrected chi connectivity index (χ3v) is 5.94. The lowest BCUT2D eigenvalue weighted by Gasteiger charge is -2.34. The van der Waals surface area contributed by atoms with Crippen molar-refractivity contribution in [3.8, 4) is 23.0 Å². The van der Waals surface area contributed by atoms with E-state index in [1.165, 1.54) is 0 Å². The van der Waals surface area contributed by atoms with E-state index in [0.717, 1.165) is 38.3 Å². The molecule has 2 aliphatic heterocycles. The molecular formula is C25H32N4O7. The Bertz CT molecular complexity index is 1040. The summed E-state index contributed by atoms with van der Waals surface area (Å²) in [5, 5.41) is 0. The van der Waals surface area contributed by atoms with Crippen molar-refractivity contribution in [3.05, 3.63) is 47.5 Å². The van der Waals surface area contributed by atoms with Crippen LogP contribution in [0.25, 0.3) is 0 Å². The maximum absolute atomic E-state index is 12.1. The van der Waals surface area contributed by atoms with Crippen molar-refractivity contribution in [1.29, 1.82) is 0 Å². The van der Waals surface area contributed by atoms with Gasteiger partial charge in [-0.15, -0.1) is 0 Å². The highest BCUT2D eigenvalue weighted by atomic mass is 16.7. The van der Waals surface area contributed by atoms with Gasteiger partial charge in [0.25, 0.3) is 5.91 Å². The molecule has 0 aromatic heterocycles. The Morgan fingerprint density at radius 1 is 1.00 bits per heavy atom. The summed E-state index contributed by atoms with van der Waals surface area (Å²) < 4.78 is 26.9. The summed E-state index contributed by atoms with van der Waals surface area (Å²) in [5.74, 6) is 2.30. The first-order chi connectivity index (χ1) is 17.6. The predicted octanol–water partition coefficient (Wildman–Crippen LogP) is 2.01. The number of carbonyl (C=O) groups is 2. The summed E-state index contributed by atoms with van der Waals surface area (Å²) in [4.78, 5) is 28.7. The van der Waals surface area contributed by atoms with Crippen molar-refractivity contribution in [2.45, 2.75) is 13.5 Å². The largest absolute Gasteiger partial charge is 0.494 e. The Morgan fingerprint density at radius 3 is 2.47 bits per heavy atom. The van der Waals surface area contributed by atoms with E-state index in [1.807, 2.05) is 19.1 Å². The number of rotatable bonds is 9. The molecule has 4 rings (SSSR count). The predicted molar refractivity (Wildman–Crippen MR) is 130 cm³/mol. The first kappa shape index (κ1) is 25.4. The molecule has 2 aromatic carbocycles. The molecule has 0 unspecified atom stereocenters. The molecule has 1 fully saturated rings. The molecule has 0 bridgehead atoms. The van der Waals surface area contributed by atoms with Crippen LogP contribution in [-0.4, -0.2) is 81.6 Å². The second kappa shape index (κ2) is 12.3. The summed E-state index contributed by atoms with van der Waals surface area (Å²) in [6, 6.07) is 10.6. The van der Waals surface area contributed by atoms with E-state index in [2.05, 4.69) is 20.7 Å². The lowest BCUT2D eigenvalue weighted by molar-refractivity contribution is 0.0842. The van der Waals surface area contributed by atoms with Crippen molar-refractivity contribution in [3.63, 3.8) is 0 Å². The van der Waals surface area contributed by atoms with Crippen molar-refractivity contribution < 1.29 is 33.3 Å². The van der Waals surface area contributed by atoms with Crippen molar-refractivity contribution in [1.82, 2.24) is 20.7 Å². The SMILES string of the molecule is CCOc1ccc(C(=O)NNC(=O)OCCN2CCN(Cc3cc(OC)c4c(c3)OCO4)CC2)cc1. The molecule has 0 atom stereocenters. The van der Waals surface area contributed by atoms with Gasteiger partial charge < -0.3 is 23.7 Å². The number of ether oxygens (including phenoxy) is 5. The number of hydrazine groups is 1. The van der Waals surface area contributed by atoms with Crippen LogP contribution in [0.5, 0.6) is 23.0 Å². The van der Waals surface area contributed by atoms with Gasteiger partial charge in [-0.3, -0.25) is 20.0 Å². The van der Waals surface area contributed by atoms with E-state index in [4.69, 9.17) is 23.7 Å². The normalized spacial score (nSPS) is 15.3. The van der Waals surface area contributed by atoms with E-state index in [9.17, 15) is 9.59 Å². The minimum atomic E-state index is -0.704. The van der Waals surface area contributed by atoms with Gasteiger partial charge in [0.05, 0.1) is 13.7 Å². The van der Waals surface area contributed by atoms with Crippen LogP contribution in [0, 0.1) is 0 Å². The Kier molecular flexibility index (Phi) is 8.69. The minimum absolute atomic E-state index is 0.211. The highest BCUT2D eigenvalue weighted by Gasteiger charge is 2.22. The molecule has 2 aliphatic rings. The van der Waals surface area contributed by atoms with Gasteiger partial charge in [-0.25, -0.2) is 10.2 Å². The van der Waals surface area contributed by atoms with Gasteiger partial charge in [0.15, 0.2) is 11.5 Å². The zero-order chi connectivity index (χ0) is 25.3. The van der Waals surface area contributed by atoms with Crippen LogP contribution in [0.1, 0.15) is 22.8 Å². The molecule has 194 valence electrons. The van der Waals surface area contributed by atoms with Crippen LogP contribution < -0.4 is 29.8 Å². The Balaban J connectivity index is 1.12. The average Bonchev–Trinajstić information content (AvgIpc) is 3.37. The summed E-state index contributed by atoms with van der Waals surface area (Å²) in [6.07, 6.45) is -0.704. The Hall–Kier alpha value is -3.70. The number of benzene rings is 2. The number of piperazine rings is 1. The molecule has 2 amide bonds. The van der Waals surface area contributed by atoms with Gasteiger partial charge in [0.1, 0.15) is 12.4 Å². The molecular weight excluding hydrogens is 468 g/mol. The Morgan fingerprint density at radius 2 is 1.75 bits per heavy atom. The topological polar surface area (TPSA) is 111 Å². The van der Waals surface area contributed by atoms with Crippen LogP contribution in [0.2, 0.25) is 0 Å². The Labute approximate surface area is 210 Å². The quantitative estimate of drug-likeness (QED) is 0.500. The van der Waals surface area contributed by atoms with Crippen LogP contribution in [0.15, 0.2) is 36.4 Å². The maximum Gasteiger partial charge on any atom is 0.426 e. The second-order valence-electron chi connectivity index (χ2n) is 8.32. The summed E-state index contributed by atoms with van der Waals surface area (Å²) >= 11 is 0. The number of carbonyl (C=O) groups excluding carboxylic acids is 2. The monoisotopic (exact) mass is 500 g/mol. The van der Waals surface area contributed by atoms with Crippen LogP contribution >= 0.6 is 0 Å². The molecule has 0 saturated carbocycles. The van der Waals surface area contributed by atoms with Gasteiger partial charge in [-0.1, -0.05) is 0 Å². The summed E-state index contributed by atoms with van der Waals surface area (Å²) in [6.45, 7) is 7.78. The molecule has 2 heterocycles. The molecule has 36 heavy (non-hydrogen) atoms. The standard InChI is InChI=1S/C25H32N4O7/c1-3-33-20-6-4-19(5-7-20)24(30)26-27-25(31)34-13-12-28-8-10-29(11-9-28)16-18-14-21(32-2)23-22(15-18)35-17-36-23/h4-7,14-15H,3,8-13,16-17H2,1-2H3,(H,26,30)(H,27,31). The first-order valence-electron chi connectivity index (χ1n) is 11.9. The number of methoxy groups -OCH3 is 1. The van der Waals surface area contributed by atoms with E-state index >= 15 is 0 Å². The van der Waals surface area contributed by atoms with Gasteiger partial charge in [0, 0.05) is 44.8 Å². The lowest BCUT2D eigenvalue weighted by atomic mass is 10.1. The number of hydrogen-bond acceptors (Lipinski definition) is 9. The number of nitrogens with zero attached hydrogens (tertiary/aromatic N) is 2. The fourth-order valence-corrected chi connectivity index (χ4v) is 4.06. The number of fused-ring (bicyclic) bond motifs is 1. The van der Waals surface area contributed by atoms with E-state index in [-0.39, 0.29) is 13.4 Å². The van der Waals surface area contributed by atoms with Gasteiger partial charge in [-0.05, 0) is 48.9 Å². The molecule has 2 aromatic rings. The van der Waals surface area contributed by atoms with E-state index < -0.39 is 12.0 Å². The third-order valence-electron chi connectivity index (χ3n) is 5.94. The lowest BCUT2D eigenvalue weighted by Crippen LogP contribution is -2.47. The third kappa shape index (κ3) is 6.70. The second-order valence-corrected chi connectivity index (χ2v) is 8.32. The highest BCUT2D eigenvalue weighted by molar-refractivity contribution is 5.95. The molecule has 2 N–H and O–H groups in total. The fraction of sp³-hybridized carbons (Fsp3) is 0.440. The van der Waals surface area contributed by atoms with Gasteiger partial charge >= 0.3 is 6.09 Å². The molecule has 1 saturated heterocycles. The molecule has 11 nitrogen and oxygen atoms in total. The average molecular weight is 501 g/mol. The van der Waals surface area contributed by atoms with E-state index in [0.29, 0.717) is 41.7 Å². The van der Waals surface area contributed by atoms with Gasteiger partial charge in [0.2, 0.25) is 12.5 Å². The smallest absolute Gasteiger partial charge is 0.426 e. The van der Waals surface area contributed by atoms with Crippen LogP contribution in [0.3, 0.4) is 0 Å². The van der Waals surface area contributed by atoms with Crippen LogP contribution in [-0.2, 0) is 11.3 Å². The molecule has 11 heteroatoms. The van der Waals surface area contributed by atoms with Gasteiger partial charge in [-0.2, -0.15) is 0 Å². The summed E-state index contributed by atoms with van der Waals surface area (Å²) in [5.41, 5.74) is 6.12. The number of nitrogens with one attached hydrogen (secondary N) is 2. The number of amides is 2. The fourth-order valence-electron chi connectivity index (χ4n) is 4.06. The highest BCUT2D eigenvalue weighted by Crippen LogP contribution is 2.42. The molecule has 0 radical (unpaired) electrons. The van der Waals surface area contributed by atoms with E-state index in [1.54, 1.807) is 31.4 Å². The summed E-state index contributed by atoms with van der Waals surface area (Å²) in [7, 11) is 1.62. The minimum Gasteiger partial charge on any atom is -0.494 e. The first-order valence-corrected chi connectivity index (χ1v) is 11.9. The van der Waals surface area contributed by atoms with Crippen LogP contribution in [0.4, 0.5) is 4.79 Å². The zero-order valence-electron chi connectivity index (χ0n) is 20.6. The van der Waals surface area contributed by atoms with Crippen molar-refractivity contribution in [2.75, 3.05) is 59.8 Å². The number of hydrogen-bond donors (Lipinski definition) is 2. The van der Waals surface area contributed by atoms with Crippen molar-refractivity contribution in [2.24, 2.45) is 0 Å². The molecule has 0 aliphatic carbocycles. The zero-order valence-corrected chi connectivity index (χ0v) is 20.6. The maximum atomic E-state index is 12.1. The molecule has 0 spiro atoms.